The van der Waals surface area contributed by atoms with Crippen molar-refractivity contribution in [1.29, 1.82) is 0 Å². The van der Waals surface area contributed by atoms with Gasteiger partial charge in [0.2, 0.25) is 0 Å². The Morgan fingerprint density at radius 3 is 1.67 bits per heavy atom. The van der Waals surface area contributed by atoms with E-state index in [1.54, 1.807) is 0 Å². The van der Waals surface area contributed by atoms with Gasteiger partial charge in [0, 0.05) is 0 Å². The van der Waals surface area contributed by atoms with E-state index in [2.05, 4.69) is 16.4 Å². The third kappa shape index (κ3) is 1.36. The summed E-state index contributed by atoms with van der Waals surface area (Å²) in [5.41, 5.74) is 6.75. The molecule has 1 aliphatic rings. The van der Waals surface area contributed by atoms with Gasteiger partial charge in [-0.25, -0.2) is 10.9 Å². The number of nitrogens with one attached hydrogen (secondary N) is 3. The molecule has 1 rings (SSSR count). The lowest BCUT2D eigenvalue weighted by molar-refractivity contribution is -0.126. The summed E-state index contributed by atoms with van der Waals surface area (Å²) in [6.07, 6.45) is -3.48. The fourth-order valence-electron chi connectivity index (χ4n) is 0.533. The predicted molar refractivity (Wildman–Crippen MR) is 27.4 cm³/mol. The molecule has 0 saturated carbocycles. The summed E-state index contributed by atoms with van der Waals surface area (Å²) < 4.78 is 0. The van der Waals surface area contributed by atoms with Crippen LogP contribution in [-0.4, -0.2) is 33.9 Å². The molecule has 54 valence electrons. The molecule has 1 saturated heterocycles. The zero-order valence-corrected chi connectivity index (χ0v) is 4.57. The number of aliphatic hydroxyl groups excluding tert-OH is 3. The molecule has 0 radical (unpaired) electrons. The average molecular weight is 135 g/mol. The van der Waals surface area contributed by atoms with Crippen LogP contribution in [0.1, 0.15) is 0 Å². The summed E-state index contributed by atoms with van der Waals surface area (Å²) in [5.74, 6) is 0. The Bertz CT molecular complexity index is 90.3. The highest BCUT2D eigenvalue weighted by Crippen LogP contribution is 1.95. The maximum absolute atomic E-state index is 8.78. The average Bonchev–Trinajstić information content (AvgIpc) is 1.83. The molecule has 0 spiro atoms. The first-order valence-electron chi connectivity index (χ1n) is 2.52. The van der Waals surface area contributed by atoms with Crippen LogP contribution in [0.2, 0.25) is 0 Å². The van der Waals surface area contributed by atoms with Crippen LogP contribution >= 0.6 is 0 Å². The van der Waals surface area contributed by atoms with Crippen LogP contribution in [0, 0.1) is 0 Å². The highest BCUT2D eigenvalue weighted by Gasteiger charge is 2.27. The third-order valence-electron chi connectivity index (χ3n) is 1.09. The summed E-state index contributed by atoms with van der Waals surface area (Å²) in [7, 11) is 0. The number of aliphatic hydroxyl groups is 3. The number of hydrogen-bond acceptors (Lipinski definition) is 6. The molecule has 0 amide bonds. The van der Waals surface area contributed by atoms with E-state index in [0.29, 0.717) is 0 Å². The first-order chi connectivity index (χ1) is 4.22. The maximum Gasteiger partial charge on any atom is 0.148 e. The summed E-state index contributed by atoms with van der Waals surface area (Å²) in [5, 5.41) is 26.2. The molecule has 2 atom stereocenters. The van der Waals surface area contributed by atoms with Crippen molar-refractivity contribution in [2.45, 2.75) is 18.6 Å². The van der Waals surface area contributed by atoms with Crippen LogP contribution in [0.15, 0.2) is 0 Å². The zero-order valence-electron chi connectivity index (χ0n) is 4.57. The van der Waals surface area contributed by atoms with Crippen molar-refractivity contribution in [2.24, 2.45) is 0 Å². The van der Waals surface area contributed by atoms with Crippen LogP contribution < -0.4 is 16.4 Å². The molecule has 0 aliphatic carbocycles. The van der Waals surface area contributed by atoms with Gasteiger partial charge in [0.05, 0.1) is 0 Å². The minimum Gasteiger partial charge on any atom is -0.385 e. The van der Waals surface area contributed by atoms with Gasteiger partial charge in [-0.05, 0) is 0 Å². The van der Waals surface area contributed by atoms with Crippen LogP contribution in [0.4, 0.5) is 0 Å². The minimum atomic E-state index is -1.20. The Balaban J connectivity index is 2.41. The van der Waals surface area contributed by atoms with Gasteiger partial charge in [-0.15, -0.1) is 0 Å². The highest BCUT2D eigenvalue weighted by atomic mass is 16.4. The molecule has 1 heterocycles. The molecule has 2 unspecified atom stereocenters. The molecule has 1 aliphatic heterocycles. The second-order valence-corrected chi connectivity index (χ2v) is 1.79. The van der Waals surface area contributed by atoms with Crippen LogP contribution in [-0.2, 0) is 0 Å². The number of rotatable bonds is 0. The summed E-state index contributed by atoms with van der Waals surface area (Å²) in [4.78, 5) is 0. The quantitative estimate of drug-likeness (QED) is 0.207. The fourth-order valence-corrected chi connectivity index (χ4v) is 0.533. The topological polar surface area (TPSA) is 96.8 Å². The molecule has 0 bridgehead atoms. The second-order valence-electron chi connectivity index (χ2n) is 1.79. The molecule has 0 aromatic heterocycles. The van der Waals surface area contributed by atoms with Gasteiger partial charge < -0.3 is 15.3 Å². The Kier molecular flexibility index (Phi) is 1.96. The first kappa shape index (κ1) is 6.87. The van der Waals surface area contributed by atoms with Gasteiger partial charge in [-0.3, -0.25) is 0 Å². The van der Waals surface area contributed by atoms with Crippen molar-refractivity contribution >= 4 is 0 Å². The minimum absolute atomic E-state index is 1.14. The third-order valence-corrected chi connectivity index (χ3v) is 1.09. The van der Waals surface area contributed by atoms with Gasteiger partial charge in [0.1, 0.15) is 18.6 Å². The van der Waals surface area contributed by atoms with Crippen LogP contribution in [0.5, 0.6) is 0 Å². The lowest BCUT2D eigenvalue weighted by atomic mass is 10.3. The Hall–Kier alpha value is -0.240. The van der Waals surface area contributed by atoms with Gasteiger partial charge >= 0.3 is 0 Å². The normalized spacial score (nSPS) is 45.0. The molecule has 9 heavy (non-hydrogen) atoms. The van der Waals surface area contributed by atoms with Crippen LogP contribution in [0.3, 0.4) is 0 Å². The van der Waals surface area contributed by atoms with E-state index in [0.717, 1.165) is 0 Å². The smallest absolute Gasteiger partial charge is 0.148 e. The molecule has 0 aromatic carbocycles. The van der Waals surface area contributed by atoms with Crippen molar-refractivity contribution in [3.05, 3.63) is 0 Å². The van der Waals surface area contributed by atoms with Gasteiger partial charge in [-0.1, -0.05) is 0 Å². The van der Waals surface area contributed by atoms with E-state index in [4.69, 9.17) is 15.3 Å². The molecule has 6 nitrogen and oxygen atoms in total. The fraction of sp³-hybridized carbons (Fsp3) is 1.00. The predicted octanol–water partition coefficient (Wildman–Crippen LogP) is -3.40. The van der Waals surface area contributed by atoms with Crippen molar-refractivity contribution in [3.63, 3.8) is 0 Å². The molecule has 0 aromatic rings. The van der Waals surface area contributed by atoms with Crippen LogP contribution in [0.25, 0.3) is 0 Å². The lowest BCUT2D eigenvalue weighted by Gasteiger charge is -2.30. The molecular formula is C3H9N3O3. The van der Waals surface area contributed by atoms with Gasteiger partial charge in [-0.2, -0.15) is 5.53 Å². The van der Waals surface area contributed by atoms with Crippen molar-refractivity contribution in [1.82, 2.24) is 16.4 Å². The molecule has 6 heteroatoms. The van der Waals surface area contributed by atoms with E-state index in [-0.39, 0.29) is 0 Å². The molecule has 1 fully saturated rings. The first-order valence-corrected chi connectivity index (χ1v) is 2.52. The van der Waals surface area contributed by atoms with Crippen molar-refractivity contribution in [3.8, 4) is 0 Å². The van der Waals surface area contributed by atoms with Gasteiger partial charge in [0.15, 0.2) is 0 Å². The van der Waals surface area contributed by atoms with E-state index in [9.17, 15) is 0 Å². The van der Waals surface area contributed by atoms with Crippen molar-refractivity contribution in [2.75, 3.05) is 0 Å². The SMILES string of the molecule is OC1NNNC(O)C1O. The van der Waals surface area contributed by atoms with E-state index in [1.165, 1.54) is 0 Å². The molecule has 6 N–H and O–H groups in total. The summed E-state index contributed by atoms with van der Waals surface area (Å²) in [6.45, 7) is 0. The largest absolute Gasteiger partial charge is 0.385 e. The van der Waals surface area contributed by atoms with E-state index in [1.807, 2.05) is 0 Å². The number of hydrazine groups is 2. The Morgan fingerprint density at radius 2 is 1.33 bits per heavy atom. The van der Waals surface area contributed by atoms with Crippen molar-refractivity contribution < 1.29 is 15.3 Å². The van der Waals surface area contributed by atoms with E-state index < -0.39 is 18.6 Å². The standard InChI is InChI=1S/C3H9N3O3/c7-1-2(8)4-6-5-3(1)9/h1-9H. The van der Waals surface area contributed by atoms with Gasteiger partial charge in [0.25, 0.3) is 0 Å². The zero-order chi connectivity index (χ0) is 6.85. The Morgan fingerprint density at radius 1 is 0.889 bits per heavy atom. The second kappa shape index (κ2) is 2.56. The lowest BCUT2D eigenvalue weighted by Crippen LogP contribution is -2.67. The Labute approximate surface area is 51.4 Å². The monoisotopic (exact) mass is 135 g/mol. The van der Waals surface area contributed by atoms with E-state index >= 15 is 0 Å². The maximum atomic E-state index is 8.78. The summed E-state index contributed by atoms with van der Waals surface area (Å²) >= 11 is 0. The summed E-state index contributed by atoms with van der Waals surface area (Å²) in [6, 6.07) is 0. The molecular weight excluding hydrogens is 126 g/mol. The highest BCUT2D eigenvalue weighted by molar-refractivity contribution is 4.72. The number of hydrogen-bond donors (Lipinski definition) is 6.